The molecule has 0 spiro atoms. The Kier molecular flexibility index (Phi) is 2.47. The summed E-state index contributed by atoms with van der Waals surface area (Å²) in [5.41, 5.74) is 6.34. The Morgan fingerprint density at radius 3 is 2.95 bits per heavy atom. The molecule has 0 saturated heterocycles. The average Bonchev–Trinajstić information content (AvgIpc) is 2.98. The Balaban J connectivity index is 1.92. The van der Waals surface area contributed by atoms with Gasteiger partial charge in [0.2, 0.25) is 0 Å². The van der Waals surface area contributed by atoms with Gasteiger partial charge in [0.15, 0.2) is 0 Å². The van der Waals surface area contributed by atoms with Crippen LogP contribution in [0.15, 0.2) is 30.5 Å². The first-order chi connectivity index (χ1) is 9.74. The molecular weight excluding hydrogens is 248 g/mol. The van der Waals surface area contributed by atoms with Gasteiger partial charge >= 0.3 is 0 Å². The van der Waals surface area contributed by atoms with Gasteiger partial charge in [-0.15, -0.1) is 0 Å². The summed E-state index contributed by atoms with van der Waals surface area (Å²) >= 11 is 0. The lowest BCUT2D eigenvalue weighted by Gasteiger charge is -2.24. The highest BCUT2D eigenvalue weighted by Gasteiger charge is 2.27. The molecule has 20 heavy (non-hydrogen) atoms. The summed E-state index contributed by atoms with van der Waals surface area (Å²) in [4.78, 5) is 3.60. The molecule has 4 heteroatoms. The van der Waals surface area contributed by atoms with Crippen molar-refractivity contribution in [1.82, 2.24) is 20.1 Å². The number of rotatable bonds is 1. The number of hydrogen-bond acceptors (Lipinski definition) is 2. The summed E-state index contributed by atoms with van der Waals surface area (Å²) in [7, 11) is 1.98. The minimum atomic E-state index is 0.222. The normalized spacial score (nSPS) is 18.4. The van der Waals surface area contributed by atoms with Crippen LogP contribution in [0.25, 0.3) is 10.9 Å². The molecule has 4 rings (SSSR count). The lowest BCUT2D eigenvalue weighted by molar-refractivity contribution is 0.558. The zero-order valence-electron chi connectivity index (χ0n) is 11.8. The maximum absolute atomic E-state index is 4.48. The monoisotopic (exact) mass is 266 g/mol. The number of nitrogens with one attached hydrogen (secondary N) is 2. The molecule has 0 aliphatic carbocycles. The summed E-state index contributed by atoms with van der Waals surface area (Å²) < 4.78 is 1.89. The van der Waals surface area contributed by atoms with Gasteiger partial charge in [-0.1, -0.05) is 18.2 Å². The van der Waals surface area contributed by atoms with Crippen molar-refractivity contribution in [1.29, 1.82) is 0 Å². The fourth-order valence-electron chi connectivity index (χ4n) is 3.35. The number of benzene rings is 1. The number of fused-ring (bicyclic) bond motifs is 3. The fourth-order valence-corrected chi connectivity index (χ4v) is 3.35. The topological polar surface area (TPSA) is 45.6 Å². The molecule has 3 heterocycles. The van der Waals surface area contributed by atoms with Gasteiger partial charge in [-0.05, 0) is 25.0 Å². The summed E-state index contributed by atoms with van der Waals surface area (Å²) in [5.74, 6) is 0. The average molecular weight is 266 g/mol. The Morgan fingerprint density at radius 1 is 1.30 bits per heavy atom. The molecule has 4 nitrogen and oxygen atoms in total. The van der Waals surface area contributed by atoms with E-state index in [1.807, 2.05) is 11.7 Å². The van der Waals surface area contributed by atoms with Crippen LogP contribution < -0.4 is 5.32 Å². The lowest BCUT2D eigenvalue weighted by Crippen LogP contribution is -2.30. The Bertz CT molecular complexity index is 781. The van der Waals surface area contributed by atoms with Crippen molar-refractivity contribution in [3.8, 4) is 0 Å². The predicted molar refractivity (Wildman–Crippen MR) is 79.8 cm³/mol. The van der Waals surface area contributed by atoms with Gasteiger partial charge in [0.1, 0.15) is 0 Å². The van der Waals surface area contributed by atoms with E-state index >= 15 is 0 Å². The van der Waals surface area contributed by atoms with E-state index in [0.29, 0.717) is 0 Å². The number of nitrogens with zero attached hydrogens (tertiary/aromatic N) is 2. The third-order valence-electron chi connectivity index (χ3n) is 4.22. The summed E-state index contributed by atoms with van der Waals surface area (Å²) in [6.07, 6.45) is 3.20. The number of aromatic amines is 1. The molecule has 0 bridgehead atoms. The first-order valence-corrected chi connectivity index (χ1v) is 7.07. The van der Waals surface area contributed by atoms with Crippen LogP contribution in [0.3, 0.4) is 0 Å². The van der Waals surface area contributed by atoms with Crippen molar-refractivity contribution in [3.05, 3.63) is 53.0 Å². The van der Waals surface area contributed by atoms with Gasteiger partial charge < -0.3 is 10.3 Å². The number of aromatic nitrogens is 3. The highest BCUT2D eigenvalue weighted by atomic mass is 15.3. The number of H-pyrrole nitrogens is 1. The SMILES string of the molecule is Cc1nn(C)cc1[C@H]1NCCc2c1[nH]c1ccccc21. The second kappa shape index (κ2) is 4.21. The molecule has 0 fully saturated rings. The molecular formula is C16H18N4. The molecule has 1 aromatic carbocycles. The number of hydrogen-bond donors (Lipinski definition) is 2. The zero-order valence-corrected chi connectivity index (χ0v) is 11.8. The molecule has 1 aliphatic rings. The second-order valence-corrected chi connectivity index (χ2v) is 5.54. The van der Waals surface area contributed by atoms with Gasteiger partial charge in [0.25, 0.3) is 0 Å². The van der Waals surface area contributed by atoms with E-state index in [9.17, 15) is 0 Å². The third kappa shape index (κ3) is 1.61. The first kappa shape index (κ1) is 11.7. The summed E-state index contributed by atoms with van der Waals surface area (Å²) in [5, 5.41) is 9.45. The van der Waals surface area contributed by atoms with Crippen LogP contribution in [0, 0.1) is 6.92 Å². The van der Waals surface area contributed by atoms with Gasteiger partial charge in [0, 0.05) is 41.9 Å². The molecule has 0 amide bonds. The molecule has 0 radical (unpaired) electrons. The van der Waals surface area contributed by atoms with E-state index in [0.717, 1.165) is 18.7 Å². The lowest BCUT2D eigenvalue weighted by atomic mass is 9.95. The smallest absolute Gasteiger partial charge is 0.0765 e. The Hall–Kier alpha value is -2.07. The second-order valence-electron chi connectivity index (χ2n) is 5.54. The molecule has 102 valence electrons. The minimum absolute atomic E-state index is 0.222. The van der Waals surface area contributed by atoms with E-state index < -0.39 is 0 Å². The standard InChI is InChI=1S/C16H18N4/c1-10-13(9-20(2)19-10)15-16-12(7-8-17-15)11-5-3-4-6-14(11)18-16/h3-6,9,15,17-18H,7-8H2,1-2H3/t15-/m1/s1. The molecule has 0 unspecified atom stereocenters. The molecule has 0 saturated carbocycles. The van der Waals surface area contributed by atoms with Crippen LogP contribution in [0.2, 0.25) is 0 Å². The van der Waals surface area contributed by atoms with Crippen molar-refractivity contribution < 1.29 is 0 Å². The van der Waals surface area contributed by atoms with Crippen LogP contribution in [-0.2, 0) is 13.5 Å². The van der Waals surface area contributed by atoms with Crippen molar-refractivity contribution in [2.24, 2.45) is 7.05 Å². The number of para-hydroxylation sites is 1. The highest BCUT2D eigenvalue weighted by Crippen LogP contribution is 2.34. The third-order valence-corrected chi connectivity index (χ3v) is 4.22. The predicted octanol–water partition coefficient (Wildman–Crippen LogP) is 2.44. The molecule has 1 aliphatic heterocycles. The fraction of sp³-hybridized carbons (Fsp3) is 0.312. The van der Waals surface area contributed by atoms with E-state index in [2.05, 4.69) is 52.8 Å². The molecule has 2 N–H and O–H groups in total. The quantitative estimate of drug-likeness (QED) is 0.710. The Morgan fingerprint density at radius 2 is 2.15 bits per heavy atom. The van der Waals surface area contributed by atoms with Crippen molar-refractivity contribution >= 4 is 10.9 Å². The van der Waals surface area contributed by atoms with Gasteiger partial charge in [-0.3, -0.25) is 4.68 Å². The van der Waals surface area contributed by atoms with Gasteiger partial charge in [0.05, 0.1) is 11.7 Å². The van der Waals surface area contributed by atoms with Gasteiger partial charge in [-0.25, -0.2) is 0 Å². The molecule has 3 aromatic rings. The molecule has 2 aromatic heterocycles. The number of aryl methyl sites for hydroxylation is 2. The van der Waals surface area contributed by atoms with E-state index in [1.54, 1.807) is 0 Å². The van der Waals surface area contributed by atoms with Crippen LogP contribution in [-0.4, -0.2) is 21.3 Å². The van der Waals surface area contributed by atoms with Crippen LogP contribution in [0.4, 0.5) is 0 Å². The van der Waals surface area contributed by atoms with E-state index in [1.165, 1.54) is 27.7 Å². The van der Waals surface area contributed by atoms with Gasteiger partial charge in [-0.2, -0.15) is 5.10 Å². The maximum atomic E-state index is 4.48. The Labute approximate surface area is 117 Å². The first-order valence-electron chi connectivity index (χ1n) is 7.07. The summed E-state index contributed by atoms with van der Waals surface area (Å²) in [6, 6.07) is 8.79. The van der Waals surface area contributed by atoms with Crippen molar-refractivity contribution in [2.45, 2.75) is 19.4 Å². The van der Waals surface area contributed by atoms with Crippen molar-refractivity contribution in [3.63, 3.8) is 0 Å². The summed E-state index contributed by atoms with van der Waals surface area (Å²) in [6.45, 7) is 3.09. The van der Waals surface area contributed by atoms with E-state index in [4.69, 9.17) is 0 Å². The van der Waals surface area contributed by atoms with E-state index in [-0.39, 0.29) is 6.04 Å². The van der Waals surface area contributed by atoms with Crippen LogP contribution in [0.1, 0.15) is 28.6 Å². The van der Waals surface area contributed by atoms with Crippen LogP contribution in [0.5, 0.6) is 0 Å². The van der Waals surface area contributed by atoms with Crippen LogP contribution >= 0.6 is 0 Å². The zero-order chi connectivity index (χ0) is 13.7. The molecule has 1 atom stereocenters. The minimum Gasteiger partial charge on any atom is -0.357 e. The largest absolute Gasteiger partial charge is 0.357 e. The highest BCUT2D eigenvalue weighted by molar-refractivity contribution is 5.85. The maximum Gasteiger partial charge on any atom is 0.0765 e. The van der Waals surface area contributed by atoms with Crippen molar-refractivity contribution in [2.75, 3.05) is 6.54 Å².